The van der Waals surface area contributed by atoms with Crippen molar-refractivity contribution >= 4 is 17.5 Å². The highest BCUT2D eigenvalue weighted by Gasteiger charge is 2.58. The summed E-state index contributed by atoms with van der Waals surface area (Å²) >= 11 is 0. The zero-order valence-electron chi connectivity index (χ0n) is 18.4. The van der Waals surface area contributed by atoms with Gasteiger partial charge in [-0.25, -0.2) is 0 Å². The molecule has 1 aliphatic carbocycles. The van der Waals surface area contributed by atoms with Gasteiger partial charge in [-0.05, 0) is 38.7 Å². The van der Waals surface area contributed by atoms with Gasteiger partial charge in [0, 0.05) is 42.3 Å². The molecule has 3 heterocycles. The van der Waals surface area contributed by atoms with Crippen LogP contribution in [0.2, 0.25) is 0 Å². The Hall–Kier alpha value is -2.87. The molecule has 1 fully saturated rings. The van der Waals surface area contributed by atoms with Crippen LogP contribution in [0.5, 0.6) is 0 Å². The number of aliphatic hydroxyl groups excluding tert-OH is 1. The van der Waals surface area contributed by atoms with Gasteiger partial charge in [0.2, 0.25) is 12.3 Å². The number of amides is 2. The van der Waals surface area contributed by atoms with Gasteiger partial charge in [-0.15, -0.1) is 0 Å². The maximum Gasteiger partial charge on any atom is 0.251 e. The van der Waals surface area contributed by atoms with Crippen molar-refractivity contribution < 1.29 is 14.7 Å². The van der Waals surface area contributed by atoms with E-state index >= 15 is 0 Å². The first-order chi connectivity index (χ1) is 14.9. The Balaban J connectivity index is 1.52. The highest BCUT2D eigenvalue weighted by atomic mass is 16.3. The van der Waals surface area contributed by atoms with E-state index in [1.54, 1.807) is 13.1 Å². The maximum atomic E-state index is 13.2. The summed E-state index contributed by atoms with van der Waals surface area (Å²) in [7, 11) is 1.94. The minimum Gasteiger partial charge on any atom is -0.391 e. The summed E-state index contributed by atoms with van der Waals surface area (Å²) in [4.78, 5) is 33.1. The number of carbonyl (C=O) groups is 2. The first kappa shape index (κ1) is 21.4. The van der Waals surface area contributed by atoms with Crippen LogP contribution in [-0.4, -0.2) is 64.5 Å². The lowest BCUT2D eigenvalue weighted by Gasteiger charge is -2.31. The van der Waals surface area contributed by atoms with Crippen molar-refractivity contribution in [3.05, 3.63) is 47.0 Å². The fourth-order valence-electron chi connectivity index (χ4n) is 4.53. The molecule has 0 radical (unpaired) electrons. The van der Waals surface area contributed by atoms with Gasteiger partial charge in [-0.2, -0.15) is 0 Å². The van der Waals surface area contributed by atoms with Gasteiger partial charge in [-0.3, -0.25) is 14.6 Å². The Morgan fingerprint density at radius 1 is 1.39 bits per heavy atom. The first-order valence-corrected chi connectivity index (χ1v) is 10.9. The zero-order valence-corrected chi connectivity index (χ0v) is 18.4. The summed E-state index contributed by atoms with van der Waals surface area (Å²) in [6, 6.07) is 0. The first-order valence-electron chi connectivity index (χ1n) is 10.9. The smallest absolute Gasteiger partial charge is 0.251 e. The molecule has 3 N–H and O–H groups in total. The van der Waals surface area contributed by atoms with E-state index in [2.05, 4.69) is 35.8 Å². The predicted molar refractivity (Wildman–Crippen MR) is 119 cm³/mol. The Kier molecular flexibility index (Phi) is 5.75. The van der Waals surface area contributed by atoms with Crippen LogP contribution in [0.15, 0.2) is 52.0 Å². The predicted octanol–water partition coefficient (Wildman–Crippen LogP) is 1.53. The Morgan fingerprint density at radius 2 is 2.19 bits per heavy atom. The molecule has 0 bridgehead atoms. The number of nitrogens with zero attached hydrogens (tertiary/aromatic N) is 3. The van der Waals surface area contributed by atoms with Gasteiger partial charge in [0.1, 0.15) is 12.1 Å². The monoisotopic (exact) mass is 425 g/mol. The van der Waals surface area contributed by atoms with Crippen molar-refractivity contribution in [3.8, 4) is 0 Å². The topological polar surface area (TPSA) is 97.0 Å². The van der Waals surface area contributed by atoms with Crippen molar-refractivity contribution in [2.24, 2.45) is 4.99 Å². The van der Waals surface area contributed by atoms with E-state index in [4.69, 9.17) is 4.99 Å². The highest BCUT2D eigenvalue weighted by molar-refractivity contribution is 6.04. The van der Waals surface area contributed by atoms with E-state index in [0.29, 0.717) is 12.1 Å². The highest BCUT2D eigenvalue weighted by Crippen LogP contribution is 2.44. The van der Waals surface area contributed by atoms with E-state index in [-0.39, 0.29) is 23.9 Å². The number of rotatable bonds is 7. The summed E-state index contributed by atoms with van der Waals surface area (Å²) in [5.74, 6) is -0.399. The van der Waals surface area contributed by atoms with E-state index in [1.807, 2.05) is 11.9 Å². The molecule has 0 spiro atoms. The fourth-order valence-corrected chi connectivity index (χ4v) is 4.53. The van der Waals surface area contributed by atoms with Gasteiger partial charge in [0.15, 0.2) is 0 Å². The molecule has 8 nitrogen and oxygen atoms in total. The minimum atomic E-state index is -1.20. The molecule has 0 aromatic rings. The van der Waals surface area contributed by atoms with Gasteiger partial charge in [0.05, 0.1) is 6.54 Å². The van der Waals surface area contributed by atoms with Crippen LogP contribution in [0.1, 0.15) is 46.0 Å². The van der Waals surface area contributed by atoms with Crippen molar-refractivity contribution in [1.82, 2.24) is 20.4 Å². The normalized spacial score (nSPS) is 27.7. The molecule has 1 saturated heterocycles. The third-order valence-corrected chi connectivity index (χ3v) is 6.53. The molecule has 4 aliphatic rings. The quantitative estimate of drug-likeness (QED) is 0.538. The second-order valence-corrected chi connectivity index (χ2v) is 8.60. The van der Waals surface area contributed by atoms with Crippen molar-refractivity contribution in [2.75, 3.05) is 20.1 Å². The van der Waals surface area contributed by atoms with Crippen molar-refractivity contribution in [3.63, 3.8) is 0 Å². The van der Waals surface area contributed by atoms with Crippen LogP contribution in [0.3, 0.4) is 0 Å². The van der Waals surface area contributed by atoms with E-state index in [0.717, 1.165) is 43.5 Å². The summed E-state index contributed by atoms with van der Waals surface area (Å²) in [6.45, 7) is 4.39. The molecule has 8 heteroatoms. The second kappa shape index (κ2) is 8.34. The molecule has 31 heavy (non-hydrogen) atoms. The summed E-state index contributed by atoms with van der Waals surface area (Å²) in [5, 5.41) is 15.8. The fraction of sp³-hybridized carbons (Fsp3) is 0.522. The van der Waals surface area contributed by atoms with Crippen LogP contribution in [-0.2, 0) is 9.59 Å². The van der Waals surface area contributed by atoms with Crippen molar-refractivity contribution in [2.45, 2.75) is 57.8 Å². The molecular weight excluding hydrogens is 394 g/mol. The van der Waals surface area contributed by atoms with Crippen LogP contribution in [0.25, 0.3) is 0 Å². The molecule has 4 rings (SSSR count). The van der Waals surface area contributed by atoms with Gasteiger partial charge in [-0.1, -0.05) is 24.6 Å². The summed E-state index contributed by atoms with van der Waals surface area (Å²) in [6.07, 6.45) is 11.2. The number of aliphatic hydroxyl groups is 1. The molecule has 0 aromatic carbocycles. The summed E-state index contributed by atoms with van der Waals surface area (Å²) < 4.78 is 0. The van der Waals surface area contributed by atoms with Gasteiger partial charge < -0.3 is 25.5 Å². The lowest BCUT2D eigenvalue weighted by molar-refractivity contribution is -0.134. The number of carbonyl (C=O) groups excluding carboxylic acids is 2. The minimum absolute atomic E-state index is 0.00470. The van der Waals surface area contributed by atoms with Gasteiger partial charge >= 0.3 is 0 Å². The van der Waals surface area contributed by atoms with E-state index in [9.17, 15) is 14.7 Å². The lowest BCUT2D eigenvalue weighted by Crippen LogP contribution is -2.52. The average molecular weight is 426 g/mol. The molecule has 2 unspecified atom stereocenters. The number of aliphatic imine (C=N–C) groups is 1. The van der Waals surface area contributed by atoms with Crippen LogP contribution in [0.4, 0.5) is 0 Å². The van der Waals surface area contributed by atoms with E-state index < -0.39 is 6.35 Å². The largest absolute Gasteiger partial charge is 0.391 e. The molecule has 0 aromatic heterocycles. The Labute approximate surface area is 183 Å². The maximum absolute atomic E-state index is 13.2. The van der Waals surface area contributed by atoms with Crippen LogP contribution < -0.4 is 10.6 Å². The molecule has 2 amide bonds. The SMILES string of the molecule is CCC1=CCC(C2(CC3=CC=C(NC)CC3)CN2C(=O)CN2C=C(C)C(=O)NC2O)=N1. The third kappa shape index (κ3) is 4.17. The van der Waals surface area contributed by atoms with Gasteiger partial charge in [0.25, 0.3) is 5.91 Å². The number of allylic oxidation sites excluding steroid dienone is 5. The average Bonchev–Trinajstić information content (AvgIpc) is 3.27. The summed E-state index contributed by atoms with van der Waals surface area (Å²) in [5.41, 5.74) is 4.76. The second-order valence-electron chi connectivity index (χ2n) is 8.60. The molecule has 3 aliphatic heterocycles. The van der Waals surface area contributed by atoms with E-state index in [1.165, 1.54) is 16.2 Å². The molecule has 2 atom stereocenters. The third-order valence-electron chi connectivity index (χ3n) is 6.53. The molecular formula is C23H31N5O3. The lowest BCUT2D eigenvalue weighted by atomic mass is 9.88. The molecule has 0 saturated carbocycles. The van der Waals surface area contributed by atoms with Crippen LogP contribution >= 0.6 is 0 Å². The number of nitrogens with one attached hydrogen (secondary N) is 2. The Bertz CT molecular complexity index is 945. The zero-order chi connectivity index (χ0) is 22.2. The Morgan fingerprint density at radius 3 is 2.84 bits per heavy atom. The molecule has 166 valence electrons. The van der Waals surface area contributed by atoms with Crippen molar-refractivity contribution in [1.29, 1.82) is 0 Å². The number of hydrogen-bond acceptors (Lipinski definition) is 6. The standard InChI is InChI=1S/C23H31N5O3/c1-4-17-9-10-19(25-17)23(11-16-5-7-18(24-3)8-6-16)14-28(23)20(29)13-27-12-15(2)21(30)26-22(27)31/h5,7,9,12,22,24,31H,4,6,8,10-11,13-14H2,1-3H3,(H,26,30). The number of hydrogen-bond donors (Lipinski definition) is 3. The van der Waals surface area contributed by atoms with Crippen LogP contribution in [0, 0.1) is 0 Å².